The maximum Gasteiger partial charge on any atom is 0.343 e. The molecule has 0 radical (unpaired) electrons. The standard InChI is InChI=1S/C22H19NO7/c24-10-22(28)20(26)18(25)19(30-22)21(27)29-16-9-23-15-6-5-13-7-11-3-1-2-4-12(11)8-14(13)17(15)16/h1-9,18-20,23-26,28H,10H2/t18-,19+,20+,22-/m0/s1. The monoisotopic (exact) mass is 409 g/mol. The summed E-state index contributed by atoms with van der Waals surface area (Å²) >= 11 is 0. The van der Waals surface area contributed by atoms with Crippen molar-refractivity contribution in [2.24, 2.45) is 0 Å². The van der Waals surface area contributed by atoms with E-state index >= 15 is 0 Å². The van der Waals surface area contributed by atoms with E-state index in [0.29, 0.717) is 5.39 Å². The van der Waals surface area contributed by atoms with Gasteiger partial charge in [-0.05, 0) is 39.7 Å². The van der Waals surface area contributed by atoms with Crippen LogP contribution in [-0.2, 0) is 9.53 Å². The number of hydrogen-bond donors (Lipinski definition) is 5. The van der Waals surface area contributed by atoms with Gasteiger partial charge in [-0.3, -0.25) is 0 Å². The van der Waals surface area contributed by atoms with E-state index in [9.17, 15) is 25.2 Å². The fourth-order valence-electron chi connectivity index (χ4n) is 3.97. The number of aliphatic hydroxyl groups is 4. The molecule has 5 rings (SSSR count). The number of carbonyl (C=O) groups is 1. The van der Waals surface area contributed by atoms with Gasteiger partial charge in [0.05, 0.1) is 12.0 Å². The molecule has 2 heterocycles. The van der Waals surface area contributed by atoms with Crippen LogP contribution in [0.1, 0.15) is 0 Å². The molecule has 0 spiro atoms. The first-order valence-corrected chi connectivity index (χ1v) is 9.43. The highest BCUT2D eigenvalue weighted by atomic mass is 16.7. The zero-order valence-corrected chi connectivity index (χ0v) is 15.6. The Morgan fingerprint density at radius 1 is 1.10 bits per heavy atom. The lowest BCUT2D eigenvalue weighted by Gasteiger charge is -2.22. The molecule has 8 nitrogen and oxygen atoms in total. The van der Waals surface area contributed by atoms with E-state index in [0.717, 1.165) is 27.1 Å². The molecule has 4 aromatic rings. The Balaban J connectivity index is 1.55. The van der Waals surface area contributed by atoms with Gasteiger partial charge in [0.1, 0.15) is 12.2 Å². The molecule has 8 heteroatoms. The lowest BCUT2D eigenvalue weighted by molar-refractivity contribution is -0.246. The predicted octanol–water partition coefficient (Wildman–Crippen LogP) is 1.18. The fourth-order valence-corrected chi connectivity index (χ4v) is 3.97. The second-order valence-corrected chi connectivity index (χ2v) is 7.46. The van der Waals surface area contributed by atoms with E-state index in [4.69, 9.17) is 9.47 Å². The number of aromatic amines is 1. The number of aromatic nitrogens is 1. The first kappa shape index (κ1) is 19.0. The summed E-state index contributed by atoms with van der Waals surface area (Å²) in [6.45, 7) is -0.986. The van der Waals surface area contributed by atoms with E-state index < -0.39 is 36.7 Å². The first-order chi connectivity index (χ1) is 14.4. The summed E-state index contributed by atoms with van der Waals surface area (Å²) in [7, 11) is 0. The predicted molar refractivity (Wildman–Crippen MR) is 108 cm³/mol. The van der Waals surface area contributed by atoms with E-state index in [1.165, 1.54) is 6.20 Å². The van der Waals surface area contributed by atoms with E-state index in [2.05, 4.69) is 4.98 Å². The highest BCUT2D eigenvalue weighted by molar-refractivity contribution is 6.14. The number of aliphatic hydroxyl groups excluding tert-OH is 3. The van der Waals surface area contributed by atoms with Crippen LogP contribution >= 0.6 is 0 Å². The molecule has 30 heavy (non-hydrogen) atoms. The van der Waals surface area contributed by atoms with Crippen molar-refractivity contribution >= 4 is 38.4 Å². The number of benzene rings is 3. The summed E-state index contributed by atoms with van der Waals surface area (Å²) in [5, 5.41) is 43.8. The van der Waals surface area contributed by atoms with Crippen molar-refractivity contribution in [1.82, 2.24) is 4.98 Å². The van der Waals surface area contributed by atoms with E-state index in [1.807, 2.05) is 48.5 Å². The van der Waals surface area contributed by atoms with E-state index in [-0.39, 0.29) is 5.75 Å². The molecular formula is C22H19NO7. The van der Waals surface area contributed by atoms with E-state index in [1.54, 1.807) is 0 Å². The van der Waals surface area contributed by atoms with Crippen LogP contribution < -0.4 is 4.74 Å². The second kappa shape index (κ2) is 6.76. The second-order valence-electron chi connectivity index (χ2n) is 7.46. The number of nitrogens with one attached hydrogen (secondary N) is 1. The maximum atomic E-state index is 12.6. The van der Waals surface area contributed by atoms with Crippen molar-refractivity contribution in [1.29, 1.82) is 0 Å². The SMILES string of the molecule is O=C(Oc1c[nH]c2ccc3cc4ccccc4cc3c12)[C@@H]1O[C@@](O)(CO)[C@H](O)[C@H]1O. The summed E-state index contributed by atoms with van der Waals surface area (Å²) in [5.41, 5.74) is 0.750. The molecule has 1 saturated heterocycles. The average molecular weight is 409 g/mol. The van der Waals surface area contributed by atoms with Crippen LogP contribution in [0, 0.1) is 0 Å². The summed E-state index contributed by atoms with van der Waals surface area (Å²) in [5.74, 6) is -3.21. The van der Waals surface area contributed by atoms with Crippen molar-refractivity contribution in [3.63, 3.8) is 0 Å². The lowest BCUT2D eigenvalue weighted by Crippen LogP contribution is -2.46. The minimum absolute atomic E-state index is 0.223. The third-order valence-electron chi connectivity index (χ3n) is 5.59. The molecule has 5 N–H and O–H groups in total. The minimum atomic E-state index is -2.44. The molecule has 1 aromatic heterocycles. The fraction of sp³-hybridized carbons (Fsp3) is 0.227. The number of rotatable bonds is 3. The molecule has 0 saturated carbocycles. The molecule has 0 amide bonds. The summed E-state index contributed by atoms with van der Waals surface area (Å²) in [4.78, 5) is 15.7. The zero-order chi connectivity index (χ0) is 21.0. The Bertz CT molecular complexity index is 1280. The third kappa shape index (κ3) is 2.78. The Labute approximate surface area is 169 Å². The molecule has 154 valence electrons. The van der Waals surface area contributed by atoms with Crippen molar-refractivity contribution < 1.29 is 34.7 Å². The van der Waals surface area contributed by atoms with Crippen molar-refractivity contribution in [2.75, 3.05) is 6.61 Å². The average Bonchev–Trinajstić information content (AvgIpc) is 3.27. The van der Waals surface area contributed by atoms with Crippen LogP contribution in [-0.4, -0.2) is 62.1 Å². The Kier molecular flexibility index (Phi) is 4.28. The van der Waals surface area contributed by atoms with Crippen molar-refractivity contribution in [2.45, 2.75) is 24.1 Å². The van der Waals surface area contributed by atoms with Gasteiger partial charge in [-0.15, -0.1) is 0 Å². The van der Waals surface area contributed by atoms with Gasteiger partial charge in [0, 0.05) is 11.7 Å². The minimum Gasteiger partial charge on any atom is -0.422 e. The number of esters is 1. The van der Waals surface area contributed by atoms with Crippen LogP contribution in [0.15, 0.2) is 54.7 Å². The van der Waals surface area contributed by atoms with Gasteiger partial charge in [0.25, 0.3) is 0 Å². The van der Waals surface area contributed by atoms with Gasteiger partial charge >= 0.3 is 5.97 Å². The van der Waals surface area contributed by atoms with Crippen LogP contribution in [0.5, 0.6) is 5.75 Å². The van der Waals surface area contributed by atoms with Gasteiger partial charge in [-0.1, -0.05) is 30.3 Å². The molecule has 0 unspecified atom stereocenters. The lowest BCUT2D eigenvalue weighted by atomic mass is 10.0. The summed E-state index contributed by atoms with van der Waals surface area (Å²) in [6, 6.07) is 15.8. The quantitative estimate of drug-likeness (QED) is 0.254. The van der Waals surface area contributed by atoms with Crippen LogP contribution in [0.4, 0.5) is 0 Å². The topological polar surface area (TPSA) is 132 Å². The normalized spacial score (nSPS) is 26.6. The zero-order valence-electron chi connectivity index (χ0n) is 15.6. The Hall–Kier alpha value is -3.01. The van der Waals surface area contributed by atoms with Gasteiger partial charge in [-0.25, -0.2) is 4.79 Å². The van der Waals surface area contributed by atoms with Gasteiger partial charge in [0.15, 0.2) is 11.9 Å². The number of fused-ring (bicyclic) bond motifs is 4. The smallest absolute Gasteiger partial charge is 0.343 e. The summed E-state index contributed by atoms with van der Waals surface area (Å²) in [6.07, 6.45) is -3.73. The van der Waals surface area contributed by atoms with Crippen LogP contribution in [0.3, 0.4) is 0 Å². The molecule has 4 atom stereocenters. The molecule has 0 aliphatic carbocycles. The molecule has 3 aromatic carbocycles. The highest BCUT2D eigenvalue weighted by Gasteiger charge is 2.56. The largest absolute Gasteiger partial charge is 0.422 e. The number of hydrogen-bond acceptors (Lipinski definition) is 7. The van der Waals surface area contributed by atoms with Crippen molar-refractivity contribution in [3.8, 4) is 5.75 Å². The number of ether oxygens (including phenoxy) is 2. The molecule has 1 aliphatic heterocycles. The molecular weight excluding hydrogens is 390 g/mol. The van der Waals surface area contributed by atoms with Gasteiger partial charge < -0.3 is 34.9 Å². The number of H-pyrrole nitrogens is 1. The maximum absolute atomic E-state index is 12.6. The van der Waals surface area contributed by atoms with Gasteiger partial charge in [0.2, 0.25) is 5.79 Å². The summed E-state index contributed by atoms with van der Waals surface area (Å²) < 4.78 is 10.5. The van der Waals surface area contributed by atoms with Gasteiger partial charge in [-0.2, -0.15) is 0 Å². The van der Waals surface area contributed by atoms with Crippen LogP contribution in [0.25, 0.3) is 32.4 Å². The molecule has 0 bridgehead atoms. The number of carbonyl (C=O) groups excluding carboxylic acids is 1. The third-order valence-corrected chi connectivity index (χ3v) is 5.59. The van der Waals surface area contributed by atoms with Crippen LogP contribution in [0.2, 0.25) is 0 Å². The highest BCUT2D eigenvalue weighted by Crippen LogP contribution is 2.36. The molecule has 1 fully saturated rings. The first-order valence-electron chi connectivity index (χ1n) is 9.43. The Morgan fingerprint density at radius 2 is 1.83 bits per heavy atom. The Morgan fingerprint density at radius 3 is 2.53 bits per heavy atom. The molecule has 1 aliphatic rings. The van der Waals surface area contributed by atoms with Crippen molar-refractivity contribution in [3.05, 3.63) is 54.7 Å².